The van der Waals surface area contributed by atoms with E-state index in [4.69, 9.17) is 14.0 Å². The molecule has 1 fully saturated rings. The van der Waals surface area contributed by atoms with Gasteiger partial charge in [0.1, 0.15) is 5.75 Å². The van der Waals surface area contributed by atoms with E-state index < -0.39 is 20.6 Å². The average Bonchev–Trinajstić information content (AvgIpc) is 3.51. The van der Waals surface area contributed by atoms with E-state index >= 15 is 0 Å². The molecule has 0 atom stereocenters. The van der Waals surface area contributed by atoms with E-state index in [2.05, 4.69) is 10.1 Å². The van der Waals surface area contributed by atoms with Gasteiger partial charge in [0.25, 0.3) is 5.89 Å². The summed E-state index contributed by atoms with van der Waals surface area (Å²) in [5, 5.41) is 3.96. The molecule has 0 aliphatic heterocycles. The quantitative estimate of drug-likeness (QED) is 0.428. The van der Waals surface area contributed by atoms with Gasteiger partial charge in [0.05, 0.1) is 17.1 Å². The zero-order valence-corrected chi connectivity index (χ0v) is 20.4. The Labute approximate surface area is 199 Å². The number of sulfone groups is 1. The van der Waals surface area contributed by atoms with Gasteiger partial charge in [-0.1, -0.05) is 42.3 Å². The summed E-state index contributed by atoms with van der Waals surface area (Å²) in [7, 11) is -3.96. The Morgan fingerprint density at radius 3 is 2.59 bits per heavy atom. The van der Waals surface area contributed by atoms with Gasteiger partial charge < -0.3 is 14.0 Å². The van der Waals surface area contributed by atoms with Crippen molar-refractivity contribution in [2.45, 2.75) is 62.7 Å². The van der Waals surface area contributed by atoms with Crippen LogP contribution in [-0.2, 0) is 26.0 Å². The Morgan fingerprint density at radius 2 is 1.85 bits per heavy atom. The van der Waals surface area contributed by atoms with E-state index in [1.165, 1.54) is 0 Å². The van der Waals surface area contributed by atoms with Crippen LogP contribution in [0.3, 0.4) is 0 Å². The summed E-state index contributed by atoms with van der Waals surface area (Å²) < 4.78 is 42.1. The second kappa shape index (κ2) is 9.58. The summed E-state index contributed by atoms with van der Waals surface area (Å²) >= 11 is 0. The summed E-state index contributed by atoms with van der Waals surface area (Å²) in [6.45, 7) is 5.61. The van der Waals surface area contributed by atoms with Gasteiger partial charge in [0, 0.05) is 0 Å². The Balaban J connectivity index is 1.56. The first-order valence-corrected chi connectivity index (χ1v) is 12.8. The number of esters is 1. The molecule has 1 aliphatic carbocycles. The first-order valence-electron chi connectivity index (χ1n) is 11.3. The molecule has 1 heterocycles. The van der Waals surface area contributed by atoms with Crippen molar-refractivity contribution in [3.8, 4) is 17.1 Å². The molecule has 9 heteroatoms. The Bertz CT molecular complexity index is 1290. The van der Waals surface area contributed by atoms with Crippen LogP contribution in [0.1, 0.15) is 49.6 Å². The van der Waals surface area contributed by atoms with Gasteiger partial charge in [-0.15, -0.1) is 0 Å². The summed E-state index contributed by atoms with van der Waals surface area (Å²) in [4.78, 5) is 17.7. The lowest BCUT2D eigenvalue weighted by molar-refractivity contribution is -0.148. The monoisotopic (exact) mass is 484 g/mol. The predicted molar refractivity (Wildman–Crippen MR) is 125 cm³/mol. The minimum atomic E-state index is -3.96. The Kier molecular flexibility index (Phi) is 6.74. The average molecular weight is 485 g/mol. The van der Waals surface area contributed by atoms with Crippen molar-refractivity contribution in [2.75, 3.05) is 6.61 Å². The summed E-state index contributed by atoms with van der Waals surface area (Å²) in [5.41, 5.74) is 2.08. The fraction of sp³-hybridized carbons (Fsp3) is 0.400. The van der Waals surface area contributed by atoms with E-state index in [0.29, 0.717) is 42.1 Å². The van der Waals surface area contributed by atoms with Gasteiger partial charge in [0.2, 0.25) is 5.82 Å². The third kappa shape index (κ3) is 4.32. The van der Waals surface area contributed by atoms with Crippen molar-refractivity contribution in [1.82, 2.24) is 10.1 Å². The number of ether oxygens (including phenoxy) is 2. The molecule has 8 nitrogen and oxygen atoms in total. The molecule has 0 unspecified atom stereocenters. The van der Waals surface area contributed by atoms with Gasteiger partial charge in [-0.2, -0.15) is 4.98 Å². The number of aromatic nitrogens is 2. The zero-order chi connectivity index (χ0) is 24.3. The standard InChI is InChI=1S/C25H28N2O6S/c1-4-31-20-10-6-5-9-19(20)23-26-22(33-27-23)16-32-24(28)25(13-7-8-14-25)34(29,30)21-15-17(2)11-12-18(21)3/h5-6,9-12,15H,4,7-8,13-14,16H2,1-3H3. The molecule has 0 amide bonds. The fourth-order valence-electron chi connectivity index (χ4n) is 4.35. The molecule has 3 aromatic rings. The van der Waals surface area contributed by atoms with Crippen LogP contribution in [0.15, 0.2) is 51.9 Å². The molecule has 0 N–H and O–H groups in total. The summed E-state index contributed by atoms with van der Waals surface area (Å²) in [6.07, 6.45) is 1.72. The molecule has 1 saturated carbocycles. The lowest BCUT2D eigenvalue weighted by Gasteiger charge is -2.27. The van der Waals surface area contributed by atoms with Gasteiger partial charge in [-0.3, -0.25) is 4.79 Å². The highest BCUT2D eigenvalue weighted by molar-refractivity contribution is 7.93. The highest BCUT2D eigenvalue weighted by Crippen LogP contribution is 2.42. The topological polar surface area (TPSA) is 109 Å². The van der Waals surface area contributed by atoms with Crippen LogP contribution < -0.4 is 4.74 Å². The zero-order valence-electron chi connectivity index (χ0n) is 19.5. The normalized spacial score (nSPS) is 15.3. The van der Waals surface area contributed by atoms with Crippen LogP contribution in [0.25, 0.3) is 11.4 Å². The number of para-hydroxylation sites is 1. The third-order valence-electron chi connectivity index (χ3n) is 6.15. The maximum Gasteiger partial charge on any atom is 0.328 e. The first kappa shape index (κ1) is 23.9. The van der Waals surface area contributed by atoms with Crippen LogP contribution in [-0.4, -0.2) is 35.9 Å². The number of nitrogens with zero attached hydrogens (tertiary/aromatic N) is 2. The van der Waals surface area contributed by atoms with E-state index in [-0.39, 0.29) is 30.2 Å². The van der Waals surface area contributed by atoms with Crippen LogP contribution in [0.2, 0.25) is 0 Å². The molecule has 2 aromatic carbocycles. The minimum absolute atomic E-state index is 0.0759. The van der Waals surface area contributed by atoms with Crippen molar-refractivity contribution < 1.29 is 27.2 Å². The number of aryl methyl sites for hydroxylation is 2. The SMILES string of the molecule is CCOc1ccccc1-c1noc(COC(=O)C2(S(=O)(=O)c3cc(C)ccc3C)CCCC2)n1. The molecule has 0 saturated heterocycles. The maximum atomic E-state index is 13.7. The molecule has 0 radical (unpaired) electrons. The molecule has 4 rings (SSSR count). The van der Waals surface area contributed by atoms with Crippen molar-refractivity contribution in [1.29, 1.82) is 0 Å². The third-order valence-corrected chi connectivity index (χ3v) is 8.78. The highest BCUT2D eigenvalue weighted by atomic mass is 32.2. The van der Waals surface area contributed by atoms with Crippen molar-refractivity contribution in [3.05, 3.63) is 59.5 Å². The van der Waals surface area contributed by atoms with Gasteiger partial charge in [0.15, 0.2) is 21.2 Å². The van der Waals surface area contributed by atoms with Gasteiger partial charge >= 0.3 is 5.97 Å². The Hall–Kier alpha value is -3.20. The van der Waals surface area contributed by atoms with Crippen molar-refractivity contribution in [3.63, 3.8) is 0 Å². The fourth-order valence-corrected chi connectivity index (χ4v) is 6.71. The summed E-state index contributed by atoms with van der Waals surface area (Å²) in [6, 6.07) is 12.5. The van der Waals surface area contributed by atoms with Crippen LogP contribution >= 0.6 is 0 Å². The number of rotatable bonds is 8. The van der Waals surface area contributed by atoms with Crippen molar-refractivity contribution >= 4 is 15.8 Å². The second-order valence-electron chi connectivity index (χ2n) is 8.49. The number of carbonyl (C=O) groups excluding carboxylic acids is 1. The van der Waals surface area contributed by atoms with E-state index in [9.17, 15) is 13.2 Å². The number of benzene rings is 2. The molecular formula is C25H28N2O6S. The minimum Gasteiger partial charge on any atom is -0.493 e. The van der Waals surface area contributed by atoms with Crippen LogP contribution in [0.5, 0.6) is 5.75 Å². The molecule has 1 aliphatic rings. The molecule has 34 heavy (non-hydrogen) atoms. The van der Waals surface area contributed by atoms with E-state index in [0.717, 1.165) is 5.56 Å². The first-order chi connectivity index (χ1) is 16.3. The lowest BCUT2D eigenvalue weighted by atomic mass is 10.1. The molecule has 0 spiro atoms. The summed E-state index contributed by atoms with van der Waals surface area (Å²) in [5.74, 6) is 0.208. The number of hydrogen-bond donors (Lipinski definition) is 0. The highest BCUT2D eigenvalue weighted by Gasteiger charge is 2.54. The largest absolute Gasteiger partial charge is 0.493 e. The number of hydrogen-bond acceptors (Lipinski definition) is 8. The van der Waals surface area contributed by atoms with E-state index in [1.807, 2.05) is 32.0 Å². The van der Waals surface area contributed by atoms with Crippen LogP contribution in [0, 0.1) is 13.8 Å². The maximum absolute atomic E-state index is 13.7. The van der Waals surface area contributed by atoms with Gasteiger partial charge in [-0.05, 0) is 62.9 Å². The smallest absolute Gasteiger partial charge is 0.328 e. The lowest BCUT2D eigenvalue weighted by Crippen LogP contribution is -2.45. The molecule has 1 aromatic heterocycles. The van der Waals surface area contributed by atoms with Crippen molar-refractivity contribution in [2.24, 2.45) is 0 Å². The van der Waals surface area contributed by atoms with Crippen LogP contribution in [0.4, 0.5) is 0 Å². The second-order valence-corrected chi connectivity index (χ2v) is 10.7. The number of carbonyl (C=O) groups is 1. The molecular weight excluding hydrogens is 456 g/mol. The Morgan fingerprint density at radius 1 is 1.12 bits per heavy atom. The molecule has 0 bridgehead atoms. The molecule has 180 valence electrons. The van der Waals surface area contributed by atoms with Gasteiger partial charge in [-0.25, -0.2) is 8.42 Å². The van der Waals surface area contributed by atoms with E-state index in [1.54, 1.807) is 31.2 Å². The predicted octanol–water partition coefficient (Wildman–Crippen LogP) is 4.58.